The van der Waals surface area contributed by atoms with E-state index in [2.05, 4.69) is 18.7 Å². The molecule has 0 saturated heterocycles. The van der Waals surface area contributed by atoms with Crippen molar-refractivity contribution in [2.75, 3.05) is 7.11 Å². The van der Waals surface area contributed by atoms with Crippen LogP contribution >= 0.6 is 0 Å². The Labute approximate surface area is 55.0 Å². The van der Waals surface area contributed by atoms with Crippen LogP contribution in [0.4, 0.5) is 0 Å². The summed E-state index contributed by atoms with van der Waals surface area (Å²) in [5, 5.41) is 0. The van der Waals surface area contributed by atoms with Crippen molar-refractivity contribution < 1.29 is 4.74 Å². The summed E-state index contributed by atoms with van der Waals surface area (Å²) >= 11 is 0. The Kier molecular flexibility index (Phi) is 0.862. The Hall–Kier alpha value is -0.560. The number of rotatable bonds is 1. The summed E-state index contributed by atoms with van der Waals surface area (Å²) in [6.07, 6.45) is 4.66. The normalized spacial score (nSPS) is 45.4. The molecule has 2 aliphatic carbocycles. The number of ether oxygens (including phenoxy) is 1. The van der Waals surface area contributed by atoms with E-state index >= 15 is 0 Å². The number of allylic oxidation sites excluding steroid dienone is 1. The molecule has 0 radical (unpaired) electrons. The van der Waals surface area contributed by atoms with Gasteiger partial charge < -0.3 is 4.74 Å². The van der Waals surface area contributed by atoms with Crippen molar-refractivity contribution in [2.24, 2.45) is 11.8 Å². The van der Waals surface area contributed by atoms with Crippen LogP contribution in [-0.4, -0.2) is 13.2 Å². The van der Waals surface area contributed by atoms with Crippen molar-refractivity contribution in [3.05, 3.63) is 24.3 Å². The third-order valence-electron chi connectivity index (χ3n) is 2.27. The summed E-state index contributed by atoms with van der Waals surface area (Å²) in [6, 6.07) is 0. The van der Waals surface area contributed by atoms with E-state index in [1.807, 2.05) is 0 Å². The second kappa shape index (κ2) is 1.48. The standard InChI is InChI=1S/C8H10O/c1-5-6-3-4-7(9-2)8(5)6/h3-4,6-8H,1H2,2H3/t6-,7-,8+/m1/s1. The highest BCUT2D eigenvalue weighted by Gasteiger charge is 2.48. The van der Waals surface area contributed by atoms with E-state index < -0.39 is 0 Å². The van der Waals surface area contributed by atoms with Crippen molar-refractivity contribution in [1.82, 2.24) is 0 Å². The van der Waals surface area contributed by atoms with Crippen molar-refractivity contribution in [3.63, 3.8) is 0 Å². The molecule has 0 aliphatic heterocycles. The molecule has 2 aliphatic rings. The van der Waals surface area contributed by atoms with Crippen LogP contribution in [0.15, 0.2) is 24.3 Å². The number of methoxy groups -OCH3 is 1. The third-order valence-corrected chi connectivity index (χ3v) is 2.27. The molecule has 1 fully saturated rings. The fourth-order valence-electron chi connectivity index (χ4n) is 1.59. The summed E-state index contributed by atoms with van der Waals surface area (Å²) in [5.41, 5.74) is 1.35. The molecule has 9 heavy (non-hydrogen) atoms. The minimum atomic E-state index is 0.336. The zero-order valence-electron chi connectivity index (χ0n) is 5.50. The lowest BCUT2D eigenvalue weighted by molar-refractivity contribution is 0.129. The van der Waals surface area contributed by atoms with Crippen molar-refractivity contribution in [3.8, 4) is 0 Å². The Balaban J connectivity index is 2.16. The Morgan fingerprint density at radius 1 is 1.56 bits per heavy atom. The second-order valence-corrected chi connectivity index (χ2v) is 2.71. The lowest BCUT2D eigenvalue weighted by atomic mass is 10.2. The molecule has 1 saturated carbocycles. The van der Waals surface area contributed by atoms with Crippen LogP contribution in [0.25, 0.3) is 0 Å². The molecule has 1 nitrogen and oxygen atoms in total. The molecule has 3 atom stereocenters. The van der Waals surface area contributed by atoms with E-state index in [9.17, 15) is 0 Å². The Morgan fingerprint density at radius 3 is 2.67 bits per heavy atom. The molecule has 0 amide bonds. The van der Waals surface area contributed by atoms with E-state index in [1.54, 1.807) is 7.11 Å². The molecule has 0 aromatic carbocycles. The highest BCUT2D eigenvalue weighted by atomic mass is 16.5. The second-order valence-electron chi connectivity index (χ2n) is 2.71. The van der Waals surface area contributed by atoms with Crippen LogP contribution in [0.3, 0.4) is 0 Å². The summed E-state index contributed by atoms with van der Waals surface area (Å²) in [7, 11) is 1.75. The fraction of sp³-hybridized carbons (Fsp3) is 0.500. The molecule has 1 heteroatoms. The van der Waals surface area contributed by atoms with Gasteiger partial charge in [-0.2, -0.15) is 0 Å². The quantitative estimate of drug-likeness (QED) is 0.477. The van der Waals surface area contributed by atoms with Gasteiger partial charge in [0.05, 0.1) is 6.10 Å². The maximum Gasteiger partial charge on any atom is 0.0826 e. The van der Waals surface area contributed by atoms with E-state index in [4.69, 9.17) is 4.74 Å². The van der Waals surface area contributed by atoms with Gasteiger partial charge in [0, 0.05) is 18.9 Å². The first-order valence-electron chi connectivity index (χ1n) is 3.24. The molecular weight excluding hydrogens is 112 g/mol. The largest absolute Gasteiger partial charge is 0.377 e. The average molecular weight is 122 g/mol. The van der Waals surface area contributed by atoms with Gasteiger partial charge >= 0.3 is 0 Å². The molecule has 0 aromatic rings. The lowest BCUT2D eigenvalue weighted by Crippen LogP contribution is -2.06. The fourth-order valence-corrected chi connectivity index (χ4v) is 1.59. The highest BCUT2D eigenvalue weighted by Crippen LogP contribution is 2.52. The molecule has 48 valence electrons. The van der Waals surface area contributed by atoms with Crippen LogP contribution in [0.5, 0.6) is 0 Å². The SMILES string of the molecule is C=C1[C@H]2[C@@H]1C=C[C@H]2OC. The zero-order valence-corrected chi connectivity index (χ0v) is 5.50. The van der Waals surface area contributed by atoms with Crippen molar-refractivity contribution >= 4 is 0 Å². The number of hydrogen-bond donors (Lipinski definition) is 0. The molecule has 0 spiro atoms. The third kappa shape index (κ3) is 0.527. The van der Waals surface area contributed by atoms with E-state index in [1.165, 1.54) is 5.57 Å². The molecule has 0 N–H and O–H groups in total. The molecule has 0 bridgehead atoms. The predicted molar refractivity (Wildman–Crippen MR) is 36.1 cm³/mol. The van der Waals surface area contributed by atoms with Crippen LogP contribution in [0.2, 0.25) is 0 Å². The zero-order chi connectivity index (χ0) is 6.43. The monoisotopic (exact) mass is 122 g/mol. The molecule has 0 unspecified atom stereocenters. The number of hydrogen-bond acceptors (Lipinski definition) is 1. The van der Waals surface area contributed by atoms with Gasteiger partial charge in [-0.25, -0.2) is 0 Å². The summed E-state index contributed by atoms with van der Waals surface area (Å²) in [4.78, 5) is 0. The Bertz CT molecular complexity index is 181. The van der Waals surface area contributed by atoms with Gasteiger partial charge in [-0.05, 0) is 0 Å². The predicted octanol–water partition coefficient (Wildman–Crippen LogP) is 1.37. The average Bonchev–Trinajstić information content (AvgIpc) is 2.41. The smallest absolute Gasteiger partial charge is 0.0826 e. The first-order chi connectivity index (χ1) is 4.34. The topological polar surface area (TPSA) is 9.23 Å². The maximum absolute atomic E-state index is 5.19. The molecule has 0 heterocycles. The van der Waals surface area contributed by atoms with Gasteiger partial charge in [0.15, 0.2) is 0 Å². The van der Waals surface area contributed by atoms with Gasteiger partial charge in [-0.1, -0.05) is 24.3 Å². The summed E-state index contributed by atoms with van der Waals surface area (Å²) < 4.78 is 5.19. The van der Waals surface area contributed by atoms with Crippen LogP contribution in [-0.2, 0) is 4.74 Å². The minimum Gasteiger partial charge on any atom is -0.377 e. The van der Waals surface area contributed by atoms with Gasteiger partial charge in [0.2, 0.25) is 0 Å². The molecule has 2 rings (SSSR count). The lowest BCUT2D eigenvalue weighted by Gasteiger charge is -2.03. The van der Waals surface area contributed by atoms with E-state index in [-0.39, 0.29) is 0 Å². The van der Waals surface area contributed by atoms with Crippen molar-refractivity contribution in [2.45, 2.75) is 6.10 Å². The minimum absolute atomic E-state index is 0.336. The first kappa shape index (κ1) is 5.24. The van der Waals surface area contributed by atoms with Gasteiger partial charge in [-0.15, -0.1) is 0 Å². The molecular formula is C8H10O. The number of fused-ring (bicyclic) bond motifs is 1. The summed E-state index contributed by atoms with van der Waals surface area (Å²) in [5.74, 6) is 1.30. The van der Waals surface area contributed by atoms with Gasteiger partial charge in [-0.3, -0.25) is 0 Å². The van der Waals surface area contributed by atoms with E-state index in [0.717, 1.165) is 0 Å². The van der Waals surface area contributed by atoms with Crippen LogP contribution in [0, 0.1) is 11.8 Å². The van der Waals surface area contributed by atoms with Crippen molar-refractivity contribution in [1.29, 1.82) is 0 Å². The summed E-state index contributed by atoms with van der Waals surface area (Å²) in [6.45, 7) is 3.92. The van der Waals surface area contributed by atoms with Gasteiger partial charge in [0.25, 0.3) is 0 Å². The van der Waals surface area contributed by atoms with E-state index in [0.29, 0.717) is 17.9 Å². The maximum atomic E-state index is 5.19. The van der Waals surface area contributed by atoms with Gasteiger partial charge in [0.1, 0.15) is 0 Å². The van der Waals surface area contributed by atoms with Crippen LogP contribution < -0.4 is 0 Å². The molecule has 0 aromatic heterocycles. The van der Waals surface area contributed by atoms with Crippen LogP contribution in [0.1, 0.15) is 0 Å². The first-order valence-corrected chi connectivity index (χ1v) is 3.24. The Morgan fingerprint density at radius 2 is 2.33 bits per heavy atom. The highest BCUT2D eigenvalue weighted by molar-refractivity contribution is 5.40.